The van der Waals surface area contributed by atoms with E-state index in [1.807, 2.05) is 48.5 Å². The van der Waals surface area contributed by atoms with E-state index in [1.54, 1.807) is 9.80 Å². The number of thiazole rings is 2. The maximum atomic E-state index is 12.8. The van der Waals surface area contributed by atoms with Gasteiger partial charge in [-0.2, -0.15) is 0 Å². The summed E-state index contributed by atoms with van der Waals surface area (Å²) in [5.74, 6) is -1.43. The van der Waals surface area contributed by atoms with E-state index in [2.05, 4.69) is 20.6 Å². The van der Waals surface area contributed by atoms with Crippen molar-refractivity contribution in [1.29, 1.82) is 0 Å². The fourth-order valence-corrected chi connectivity index (χ4v) is 6.78. The third-order valence-electron chi connectivity index (χ3n) is 7.07. The molecule has 2 aromatic heterocycles. The molecule has 2 aromatic carbocycles. The Morgan fingerprint density at radius 2 is 1.18 bits per heavy atom. The number of para-hydroxylation sites is 2. The lowest BCUT2D eigenvalue weighted by molar-refractivity contribution is -0.129. The molecule has 0 radical (unpaired) electrons. The Balaban J connectivity index is 0.962. The molecule has 0 saturated carbocycles. The zero-order valence-electron chi connectivity index (χ0n) is 21.0. The predicted molar refractivity (Wildman–Crippen MR) is 150 cm³/mol. The van der Waals surface area contributed by atoms with Crippen molar-refractivity contribution >= 4 is 77.0 Å². The molecule has 4 heterocycles. The lowest BCUT2D eigenvalue weighted by atomic mass is 10.1. The first-order valence-electron chi connectivity index (χ1n) is 12.8. The molecule has 2 N–H and O–H groups in total. The van der Waals surface area contributed by atoms with Gasteiger partial charge in [0.05, 0.1) is 32.3 Å². The summed E-state index contributed by atoms with van der Waals surface area (Å²) in [5, 5.41) is 6.77. The van der Waals surface area contributed by atoms with E-state index in [1.165, 1.54) is 22.7 Å². The fraction of sp³-hybridized carbons (Fsp3) is 0.333. The Morgan fingerprint density at radius 3 is 1.62 bits per heavy atom. The van der Waals surface area contributed by atoms with E-state index in [-0.39, 0.29) is 36.5 Å². The van der Waals surface area contributed by atoms with Crippen molar-refractivity contribution < 1.29 is 19.2 Å². The number of fused-ring (bicyclic) bond motifs is 2. The number of carbonyl (C=O) groups is 4. The topological polar surface area (TPSA) is 125 Å². The summed E-state index contributed by atoms with van der Waals surface area (Å²) in [6, 6.07) is 15.3. The molecule has 0 unspecified atom stereocenters. The molecule has 4 amide bonds. The molecule has 2 aliphatic heterocycles. The van der Waals surface area contributed by atoms with Crippen molar-refractivity contribution in [1.82, 2.24) is 19.8 Å². The second-order valence-electron chi connectivity index (χ2n) is 9.79. The van der Waals surface area contributed by atoms with Crippen molar-refractivity contribution in [3.63, 3.8) is 0 Å². The second-order valence-corrected chi connectivity index (χ2v) is 11.8. The summed E-state index contributed by atoms with van der Waals surface area (Å²) in [5.41, 5.74) is 1.66. The van der Waals surface area contributed by atoms with Gasteiger partial charge in [-0.05, 0) is 30.7 Å². The molecular weight excluding hydrogens is 536 g/mol. The Kier molecular flexibility index (Phi) is 6.96. The average molecular weight is 563 g/mol. The van der Waals surface area contributed by atoms with Gasteiger partial charge in [0.2, 0.25) is 23.6 Å². The minimum atomic E-state index is -0.437. The molecule has 2 aliphatic rings. The lowest BCUT2D eigenvalue weighted by Gasteiger charge is -2.20. The predicted octanol–water partition coefficient (Wildman–Crippen LogP) is 3.57. The maximum Gasteiger partial charge on any atom is 0.231 e. The van der Waals surface area contributed by atoms with Gasteiger partial charge in [-0.1, -0.05) is 46.9 Å². The number of nitrogens with one attached hydrogen (secondary N) is 2. The molecule has 2 atom stereocenters. The third kappa shape index (κ3) is 5.48. The Labute approximate surface area is 232 Å². The molecule has 12 heteroatoms. The maximum absolute atomic E-state index is 12.8. The number of benzene rings is 2. The first kappa shape index (κ1) is 25.4. The van der Waals surface area contributed by atoms with Gasteiger partial charge >= 0.3 is 0 Å². The van der Waals surface area contributed by atoms with Crippen molar-refractivity contribution in [2.45, 2.75) is 19.3 Å². The van der Waals surface area contributed by atoms with Gasteiger partial charge in [0.15, 0.2) is 10.3 Å². The van der Waals surface area contributed by atoms with Gasteiger partial charge in [0.1, 0.15) is 0 Å². The number of aromatic nitrogens is 2. The fourth-order valence-electron chi connectivity index (χ4n) is 5.05. The molecule has 10 nitrogen and oxygen atoms in total. The quantitative estimate of drug-likeness (QED) is 0.338. The summed E-state index contributed by atoms with van der Waals surface area (Å²) in [7, 11) is 0. The number of likely N-dealkylation sites (tertiary alicyclic amines) is 2. The molecule has 0 aliphatic carbocycles. The van der Waals surface area contributed by atoms with Crippen LogP contribution in [0.2, 0.25) is 0 Å². The number of anilines is 2. The number of hydrogen-bond acceptors (Lipinski definition) is 8. The van der Waals surface area contributed by atoms with E-state index < -0.39 is 11.8 Å². The van der Waals surface area contributed by atoms with Crippen LogP contribution in [-0.2, 0) is 19.2 Å². The van der Waals surface area contributed by atoms with Crippen molar-refractivity contribution in [2.24, 2.45) is 11.8 Å². The van der Waals surface area contributed by atoms with E-state index in [0.29, 0.717) is 42.9 Å². The van der Waals surface area contributed by atoms with Crippen LogP contribution in [0.4, 0.5) is 10.3 Å². The van der Waals surface area contributed by atoms with Gasteiger partial charge in [-0.25, -0.2) is 9.97 Å². The molecule has 39 heavy (non-hydrogen) atoms. The third-order valence-corrected chi connectivity index (χ3v) is 8.98. The van der Waals surface area contributed by atoms with Crippen LogP contribution in [0.3, 0.4) is 0 Å². The van der Waals surface area contributed by atoms with Crippen LogP contribution in [0.1, 0.15) is 19.3 Å². The Morgan fingerprint density at radius 1 is 0.744 bits per heavy atom. The Hall–Kier alpha value is -3.90. The highest BCUT2D eigenvalue weighted by atomic mass is 32.1. The summed E-state index contributed by atoms with van der Waals surface area (Å²) >= 11 is 2.81. The first-order chi connectivity index (χ1) is 18.9. The minimum absolute atomic E-state index is 0.0692. The van der Waals surface area contributed by atoms with Gasteiger partial charge in [-0.15, -0.1) is 0 Å². The van der Waals surface area contributed by atoms with Crippen LogP contribution in [0.25, 0.3) is 20.4 Å². The summed E-state index contributed by atoms with van der Waals surface area (Å²) in [6.45, 7) is 1.60. The average Bonchev–Trinajstić information content (AvgIpc) is 3.69. The van der Waals surface area contributed by atoms with Gasteiger partial charge in [-0.3, -0.25) is 19.2 Å². The minimum Gasteiger partial charge on any atom is -0.342 e. The molecule has 2 saturated heterocycles. The number of amides is 4. The van der Waals surface area contributed by atoms with E-state index >= 15 is 0 Å². The van der Waals surface area contributed by atoms with Gasteiger partial charge < -0.3 is 20.4 Å². The molecule has 0 spiro atoms. The SMILES string of the molecule is O=C(Nc1nc2ccccc2s1)[C@H]1CC(=O)N(CCCN2C[C@@H](C(=O)Nc3nc4ccccc4s3)CC2=O)C1. The molecule has 2 fully saturated rings. The second kappa shape index (κ2) is 10.7. The zero-order chi connectivity index (χ0) is 26.9. The summed E-state index contributed by atoms with van der Waals surface area (Å²) in [4.78, 5) is 62.9. The standard InChI is InChI=1S/C27H26N6O4S2/c34-22-12-16(24(36)30-26-28-18-6-1-3-8-20(18)38-26)14-32(22)10-5-11-33-15-17(13-23(33)35)25(37)31-27-29-19-7-2-4-9-21(19)39-27/h1-4,6-9,16-17H,5,10-15H2,(H,28,30,36)(H,29,31,37)/t16-,17-/m0/s1. The number of rotatable bonds is 8. The highest BCUT2D eigenvalue weighted by molar-refractivity contribution is 7.22. The van der Waals surface area contributed by atoms with Crippen LogP contribution >= 0.6 is 22.7 Å². The van der Waals surface area contributed by atoms with Gasteiger partial charge in [0, 0.05) is 39.0 Å². The summed E-state index contributed by atoms with van der Waals surface area (Å²) in [6.07, 6.45) is 0.899. The highest BCUT2D eigenvalue weighted by Crippen LogP contribution is 2.29. The van der Waals surface area contributed by atoms with Crippen molar-refractivity contribution in [3.8, 4) is 0 Å². The Bertz CT molecular complexity index is 1400. The van der Waals surface area contributed by atoms with Crippen LogP contribution in [0.5, 0.6) is 0 Å². The van der Waals surface area contributed by atoms with Crippen LogP contribution in [0.15, 0.2) is 48.5 Å². The van der Waals surface area contributed by atoms with E-state index in [4.69, 9.17) is 0 Å². The molecule has 200 valence electrons. The summed E-state index contributed by atoms with van der Waals surface area (Å²) < 4.78 is 1.98. The number of carbonyl (C=O) groups excluding carboxylic acids is 4. The highest BCUT2D eigenvalue weighted by Gasteiger charge is 2.36. The molecule has 0 bridgehead atoms. The first-order valence-corrected chi connectivity index (χ1v) is 14.4. The van der Waals surface area contributed by atoms with Gasteiger partial charge in [0.25, 0.3) is 0 Å². The van der Waals surface area contributed by atoms with Crippen LogP contribution in [0, 0.1) is 11.8 Å². The largest absolute Gasteiger partial charge is 0.342 e. The lowest BCUT2D eigenvalue weighted by Crippen LogP contribution is -2.33. The van der Waals surface area contributed by atoms with Crippen LogP contribution < -0.4 is 10.6 Å². The molecule has 4 aromatic rings. The smallest absolute Gasteiger partial charge is 0.231 e. The zero-order valence-corrected chi connectivity index (χ0v) is 22.6. The van der Waals surface area contributed by atoms with E-state index in [9.17, 15) is 19.2 Å². The normalized spacial score (nSPS) is 19.4. The number of nitrogens with zero attached hydrogens (tertiary/aromatic N) is 4. The van der Waals surface area contributed by atoms with Crippen LogP contribution in [-0.4, -0.2) is 69.6 Å². The molecule has 6 rings (SSSR count). The monoisotopic (exact) mass is 562 g/mol. The van der Waals surface area contributed by atoms with E-state index in [0.717, 1.165) is 20.4 Å². The molecular formula is C27H26N6O4S2. The van der Waals surface area contributed by atoms with Crippen molar-refractivity contribution in [3.05, 3.63) is 48.5 Å². The van der Waals surface area contributed by atoms with Crippen molar-refractivity contribution in [2.75, 3.05) is 36.8 Å². The number of hydrogen-bond donors (Lipinski definition) is 2.